The summed E-state index contributed by atoms with van der Waals surface area (Å²) < 4.78 is 7.29. The Balaban J connectivity index is 2.44. The number of aliphatic imine (C=N–C) groups is 1. The minimum absolute atomic E-state index is 0.249. The van der Waals surface area contributed by atoms with E-state index in [1.165, 1.54) is 5.56 Å². The van der Waals surface area contributed by atoms with E-state index in [0.29, 0.717) is 6.54 Å². The number of nitrogens with zero attached hydrogens (tertiary/aromatic N) is 3. The fourth-order valence-corrected chi connectivity index (χ4v) is 1.55. The van der Waals surface area contributed by atoms with Gasteiger partial charge >= 0.3 is 0 Å². The Labute approximate surface area is 121 Å². The van der Waals surface area contributed by atoms with Crippen LogP contribution >= 0.6 is 0 Å². The van der Waals surface area contributed by atoms with Crippen LogP contribution in [-0.4, -0.2) is 48.1 Å². The van der Waals surface area contributed by atoms with Gasteiger partial charge in [-0.2, -0.15) is 5.10 Å². The van der Waals surface area contributed by atoms with Gasteiger partial charge in [-0.05, 0) is 33.3 Å². The summed E-state index contributed by atoms with van der Waals surface area (Å²) >= 11 is 0. The molecule has 0 atom stereocenters. The Kier molecular flexibility index (Phi) is 6.51. The smallest absolute Gasteiger partial charge is 0.191 e. The predicted molar refractivity (Wildman–Crippen MR) is 82.0 cm³/mol. The molecule has 0 aliphatic heterocycles. The maximum Gasteiger partial charge on any atom is 0.191 e. The van der Waals surface area contributed by atoms with Crippen molar-refractivity contribution in [3.63, 3.8) is 0 Å². The number of hydrogen-bond acceptors (Lipinski definition) is 3. The summed E-state index contributed by atoms with van der Waals surface area (Å²) in [6.07, 6.45) is 3.89. The SMILES string of the molecule is CCNC(=NCC(C)(C)OC)NCCn1cc(C)cn1. The van der Waals surface area contributed by atoms with Crippen molar-refractivity contribution in [1.29, 1.82) is 0 Å². The molecule has 6 nitrogen and oxygen atoms in total. The van der Waals surface area contributed by atoms with Crippen molar-refractivity contribution in [2.45, 2.75) is 39.8 Å². The first-order valence-corrected chi connectivity index (χ1v) is 7.03. The largest absolute Gasteiger partial charge is 0.377 e. The van der Waals surface area contributed by atoms with Crippen LogP contribution < -0.4 is 10.6 Å². The lowest BCUT2D eigenvalue weighted by molar-refractivity contribution is 0.0310. The third-order valence-electron chi connectivity index (χ3n) is 2.91. The van der Waals surface area contributed by atoms with Crippen molar-refractivity contribution in [3.8, 4) is 0 Å². The average molecular weight is 281 g/mol. The highest BCUT2D eigenvalue weighted by Gasteiger charge is 2.15. The van der Waals surface area contributed by atoms with Crippen LogP contribution in [0.2, 0.25) is 0 Å². The van der Waals surface area contributed by atoms with E-state index >= 15 is 0 Å². The van der Waals surface area contributed by atoms with E-state index in [2.05, 4.69) is 27.6 Å². The highest BCUT2D eigenvalue weighted by molar-refractivity contribution is 5.79. The Morgan fingerprint density at radius 2 is 2.20 bits per heavy atom. The topological polar surface area (TPSA) is 63.5 Å². The molecule has 0 bridgehead atoms. The molecule has 0 saturated heterocycles. The van der Waals surface area contributed by atoms with Gasteiger partial charge in [0.2, 0.25) is 0 Å². The Morgan fingerprint density at radius 1 is 1.45 bits per heavy atom. The van der Waals surface area contributed by atoms with Crippen molar-refractivity contribution >= 4 is 5.96 Å². The van der Waals surface area contributed by atoms with E-state index in [0.717, 1.165) is 25.6 Å². The lowest BCUT2D eigenvalue weighted by Gasteiger charge is -2.21. The molecule has 0 amide bonds. The zero-order chi connectivity index (χ0) is 15.0. The van der Waals surface area contributed by atoms with E-state index in [9.17, 15) is 0 Å². The first-order valence-electron chi connectivity index (χ1n) is 7.03. The zero-order valence-electron chi connectivity index (χ0n) is 13.2. The molecule has 1 aromatic heterocycles. The molecule has 6 heteroatoms. The Bertz CT molecular complexity index is 425. The number of aryl methyl sites for hydroxylation is 1. The number of methoxy groups -OCH3 is 1. The van der Waals surface area contributed by atoms with Gasteiger partial charge in [-0.3, -0.25) is 9.67 Å². The second-order valence-electron chi connectivity index (χ2n) is 5.37. The fraction of sp³-hybridized carbons (Fsp3) is 0.714. The van der Waals surface area contributed by atoms with Crippen LogP contribution in [0.1, 0.15) is 26.3 Å². The minimum atomic E-state index is -0.249. The van der Waals surface area contributed by atoms with E-state index in [1.807, 2.05) is 37.8 Å². The first-order chi connectivity index (χ1) is 9.46. The summed E-state index contributed by atoms with van der Waals surface area (Å²) in [6, 6.07) is 0. The molecular formula is C14H27N5O. The van der Waals surface area contributed by atoms with Crippen LogP contribution in [0.4, 0.5) is 0 Å². The highest BCUT2D eigenvalue weighted by atomic mass is 16.5. The lowest BCUT2D eigenvalue weighted by atomic mass is 10.1. The monoisotopic (exact) mass is 281 g/mol. The molecule has 2 N–H and O–H groups in total. The number of aromatic nitrogens is 2. The van der Waals surface area contributed by atoms with E-state index < -0.39 is 0 Å². The molecule has 1 aromatic rings. The van der Waals surface area contributed by atoms with Gasteiger partial charge in [0.05, 0.1) is 24.9 Å². The van der Waals surface area contributed by atoms with Crippen LogP contribution in [0.25, 0.3) is 0 Å². The van der Waals surface area contributed by atoms with E-state index in [4.69, 9.17) is 4.74 Å². The molecule has 0 saturated carbocycles. The molecule has 0 spiro atoms. The molecular weight excluding hydrogens is 254 g/mol. The highest BCUT2D eigenvalue weighted by Crippen LogP contribution is 2.06. The van der Waals surface area contributed by atoms with Crippen LogP contribution in [0.15, 0.2) is 17.4 Å². The van der Waals surface area contributed by atoms with Crippen molar-refractivity contribution in [3.05, 3.63) is 18.0 Å². The Morgan fingerprint density at radius 3 is 2.75 bits per heavy atom. The fourth-order valence-electron chi connectivity index (χ4n) is 1.55. The van der Waals surface area contributed by atoms with Gasteiger partial charge < -0.3 is 15.4 Å². The second kappa shape index (κ2) is 7.89. The number of guanidine groups is 1. The predicted octanol–water partition coefficient (Wildman–Crippen LogP) is 1.17. The minimum Gasteiger partial charge on any atom is -0.377 e. The maximum atomic E-state index is 5.37. The van der Waals surface area contributed by atoms with Gasteiger partial charge in [0.25, 0.3) is 0 Å². The van der Waals surface area contributed by atoms with Crippen molar-refractivity contribution in [2.24, 2.45) is 4.99 Å². The number of rotatable bonds is 7. The zero-order valence-corrected chi connectivity index (χ0v) is 13.2. The summed E-state index contributed by atoms with van der Waals surface area (Å²) in [5.41, 5.74) is 0.925. The van der Waals surface area contributed by atoms with Gasteiger partial charge in [0, 0.05) is 26.4 Å². The van der Waals surface area contributed by atoms with Gasteiger partial charge in [0.1, 0.15) is 0 Å². The van der Waals surface area contributed by atoms with E-state index in [1.54, 1.807) is 7.11 Å². The van der Waals surface area contributed by atoms with Crippen LogP contribution in [0.3, 0.4) is 0 Å². The van der Waals surface area contributed by atoms with Crippen LogP contribution in [-0.2, 0) is 11.3 Å². The molecule has 1 rings (SSSR count). The van der Waals surface area contributed by atoms with Gasteiger partial charge in [0.15, 0.2) is 5.96 Å². The third-order valence-corrected chi connectivity index (χ3v) is 2.91. The van der Waals surface area contributed by atoms with Crippen molar-refractivity contribution < 1.29 is 4.74 Å². The maximum absolute atomic E-state index is 5.37. The quantitative estimate of drug-likeness (QED) is 0.582. The summed E-state index contributed by atoms with van der Waals surface area (Å²) in [4.78, 5) is 4.53. The van der Waals surface area contributed by atoms with E-state index in [-0.39, 0.29) is 5.60 Å². The van der Waals surface area contributed by atoms with Crippen molar-refractivity contribution in [2.75, 3.05) is 26.7 Å². The molecule has 0 aliphatic carbocycles. The second-order valence-corrected chi connectivity index (χ2v) is 5.37. The van der Waals surface area contributed by atoms with Gasteiger partial charge in [-0.25, -0.2) is 0 Å². The number of ether oxygens (including phenoxy) is 1. The van der Waals surface area contributed by atoms with Gasteiger partial charge in [-0.1, -0.05) is 0 Å². The molecule has 0 aliphatic rings. The third kappa shape index (κ3) is 6.06. The average Bonchev–Trinajstić information content (AvgIpc) is 2.82. The molecule has 114 valence electrons. The number of hydrogen-bond donors (Lipinski definition) is 2. The first kappa shape index (κ1) is 16.5. The molecule has 0 unspecified atom stereocenters. The standard InChI is InChI=1S/C14H27N5O/c1-6-15-13(17-11-14(3,4)20-5)16-7-8-19-10-12(2)9-18-19/h9-10H,6-8,11H2,1-5H3,(H2,15,16,17). The molecule has 0 aromatic carbocycles. The Hall–Kier alpha value is -1.56. The lowest BCUT2D eigenvalue weighted by Crippen LogP contribution is -2.40. The van der Waals surface area contributed by atoms with Gasteiger partial charge in [-0.15, -0.1) is 0 Å². The number of nitrogens with one attached hydrogen (secondary N) is 2. The summed E-state index contributed by atoms with van der Waals surface area (Å²) in [6.45, 7) is 11.2. The molecule has 1 heterocycles. The summed E-state index contributed by atoms with van der Waals surface area (Å²) in [7, 11) is 1.70. The van der Waals surface area contributed by atoms with Crippen LogP contribution in [0.5, 0.6) is 0 Å². The normalized spacial score (nSPS) is 12.6. The molecule has 20 heavy (non-hydrogen) atoms. The summed E-state index contributed by atoms with van der Waals surface area (Å²) in [5, 5.41) is 10.8. The van der Waals surface area contributed by atoms with Crippen LogP contribution in [0, 0.1) is 6.92 Å². The molecule has 0 fully saturated rings. The molecule has 0 radical (unpaired) electrons. The summed E-state index contributed by atoms with van der Waals surface area (Å²) in [5.74, 6) is 0.807. The van der Waals surface area contributed by atoms with Crippen molar-refractivity contribution in [1.82, 2.24) is 20.4 Å².